The van der Waals surface area contributed by atoms with E-state index < -0.39 is 5.54 Å². The summed E-state index contributed by atoms with van der Waals surface area (Å²) in [5.74, 6) is 0. The SMILES string of the molecule is Cc1ccc2c(c1)C(C#N)(Nc1ccc(Cl)cc1)CC2. The van der Waals surface area contributed by atoms with Crippen LogP contribution in [-0.2, 0) is 12.0 Å². The Balaban J connectivity index is 2.01. The monoisotopic (exact) mass is 282 g/mol. The van der Waals surface area contributed by atoms with Gasteiger partial charge < -0.3 is 5.32 Å². The van der Waals surface area contributed by atoms with Crippen molar-refractivity contribution in [2.24, 2.45) is 0 Å². The van der Waals surface area contributed by atoms with Crippen LogP contribution in [-0.4, -0.2) is 0 Å². The number of nitriles is 1. The molecule has 0 aromatic heterocycles. The molecule has 2 nitrogen and oxygen atoms in total. The van der Waals surface area contributed by atoms with E-state index in [1.807, 2.05) is 24.3 Å². The van der Waals surface area contributed by atoms with Crippen LogP contribution in [0.3, 0.4) is 0 Å². The molecule has 3 heteroatoms. The first-order valence-electron chi connectivity index (χ1n) is 6.68. The van der Waals surface area contributed by atoms with Gasteiger partial charge in [0, 0.05) is 10.7 Å². The van der Waals surface area contributed by atoms with Gasteiger partial charge in [0.25, 0.3) is 0 Å². The number of hydrogen-bond acceptors (Lipinski definition) is 2. The summed E-state index contributed by atoms with van der Waals surface area (Å²) in [5, 5.41) is 13.8. The standard InChI is InChI=1S/C17H15ClN2/c1-12-2-3-13-8-9-17(11-19,16(13)10-12)20-15-6-4-14(18)5-7-15/h2-7,10,20H,8-9H2,1H3. The molecule has 0 radical (unpaired) electrons. The van der Waals surface area contributed by atoms with Crippen molar-refractivity contribution in [2.75, 3.05) is 5.32 Å². The van der Waals surface area contributed by atoms with Gasteiger partial charge in [-0.25, -0.2) is 0 Å². The molecular weight excluding hydrogens is 268 g/mol. The van der Waals surface area contributed by atoms with Gasteiger partial charge in [0.1, 0.15) is 0 Å². The second-order valence-corrected chi connectivity index (χ2v) is 5.75. The number of halogens is 1. The van der Waals surface area contributed by atoms with Crippen molar-refractivity contribution in [3.8, 4) is 6.07 Å². The lowest BCUT2D eigenvalue weighted by Crippen LogP contribution is -2.31. The molecule has 1 aliphatic rings. The first-order valence-corrected chi connectivity index (χ1v) is 7.06. The predicted octanol–water partition coefficient (Wildman–Crippen LogP) is 4.43. The van der Waals surface area contributed by atoms with E-state index in [1.54, 1.807) is 0 Å². The Bertz CT molecular complexity index is 685. The minimum absolute atomic E-state index is 0.630. The minimum atomic E-state index is -0.630. The highest BCUT2D eigenvalue weighted by atomic mass is 35.5. The number of anilines is 1. The molecule has 3 rings (SSSR count). The molecule has 1 unspecified atom stereocenters. The van der Waals surface area contributed by atoms with Gasteiger partial charge in [0.2, 0.25) is 0 Å². The summed E-state index contributed by atoms with van der Waals surface area (Å²) in [5.41, 5.74) is 3.84. The Labute approximate surface area is 124 Å². The summed E-state index contributed by atoms with van der Waals surface area (Å²) >= 11 is 5.91. The van der Waals surface area contributed by atoms with E-state index in [0.29, 0.717) is 5.02 Å². The molecule has 1 N–H and O–H groups in total. The molecule has 1 atom stereocenters. The van der Waals surface area contributed by atoms with Gasteiger partial charge in [-0.15, -0.1) is 0 Å². The number of aryl methyl sites for hydroxylation is 2. The van der Waals surface area contributed by atoms with Crippen LogP contribution in [0.15, 0.2) is 42.5 Å². The fraction of sp³-hybridized carbons (Fsp3) is 0.235. The normalized spacial score (nSPS) is 20.2. The van der Waals surface area contributed by atoms with Crippen molar-refractivity contribution >= 4 is 17.3 Å². The first-order chi connectivity index (χ1) is 9.63. The molecular formula is C17H15ClN2. The molecule has 2 aromatic rings. The average molecular weight is 283 g/mol. The molecule has 100 valence electrons. The highest BCUT2D eigenvalue weighted by molar-refractivity contribution is 6.30. The van der Waals surface area contributed by atoms with Crippen LogP contribution in [0.25, 0.3) is 0 Å². The van der Waals surface area contributed by atoms with Gasteiger partial charge in [-0.05, 0) is 55.2 Å². The molecule has 0 fully saturated rings. The Morgan fingerprint density at radius 2 is 1.95 bits per heavy atom. The summed E-state index contributed by atoms with van der Waals surface area (Å²) < 4.78 is 0. The van der Waals surface area contributed by atoms with Crippen LogP contribution in [0.2, 0.25) is 5.02 Å². The third kappa shape index (κ3) is 2.15. The van der Waals surface area contributed by atoms with Crippen molar-refractivity contribution in [3.63, 3.8) is 0 Å². The third-order valence-electron chi connectivity index (χ3n) is 3.89. The second kappa shape index (κ2) is 4.85. The molecule has 0 bridgehead atoms. The van der Waals surface area contributed by atoms with Gasteiger partial charge >= 0.3 is 0 Å². The number of rotatable bonds is 2. The maximum absolute atomic E-state index is 9.73. The van der Waals surface area contributed by atoms with Crippen molar-refractivity contribution in [3.05, 3.63) is 64.2 Å². The number of hydrogen-bond donors (Lipinski definition) is 1. The fourth-order valence-corrected chi connectivity index (χ4v) is 2.94. The second-order valence-electron chi connectivity index (χ2n) is 5.31. The van der Waals surface area contributed by atoms with Gasteiger partial charge in [-0.3, -0.25) is 0 Å². The summed E-state index contributed by atoms with van der Waals surface area (Å²) in [6, 6.07) is 16.3. The zero-order valence-electron chi connectivity index (χ0n) is 11.3. The van der Waals surface area contributed by atoms with Gasteiger partial charge in [0.15, 0.2) is 5.54 Å². The minimum Gasteiger partial charge on any atom is -0.364 e. The van der Waals surface area contributed by atoms with Crippen molar-refractivity contribution in [2.45, 2.75) is 25.3 Å². The Morgan fingerprint density at radius 3 is 2.65 bits per heavy atom. The first kappa shape index (κ1) is 13.0. The number of nitrogens with one attached hydrogen (secondary N) is 1. The van der Waals surface area contributed by atoms with Crippen LogP contribution in [0.4, 0.5) is 5.69 Å². The molecule has 1 aliphatic carbocycles. The smallest absolute Gasteiger partial charge is 0.151 e. The Morgan fingerprint density at radius 1 is 1.20 bits per heavy atom. The average Bonchev–Trinajstić information content (AvgIpc) is 2.80. The molecule has 0 saturated carbocycles. The molecule has 20 heavy (non-hydrogen) atoms. The zero-order chi connectivity index (χ0) is 14.2. The lowest BCUT2D eigenvalue weighted by molar-refractivity contribution is 0.621. The predicted molar refractivity (Wildman–Crippen MR) is 81.9 cm³/mol. The summed E-state index contributed by atoms with van der Waals surface area (Å²) in [6.07, 6.45) is 1.73. The summed E-state index contributed by atoms with van der Waals surface area (Å²) in [7, 11) is 0. The lowest BCUT2D eigenvalue weighted by atomic mass is 9.92. The Kier molecular flexibility index (Phi) is 3.16. The lowest BCUT2D eigenvalue weighted by Gasteiger charge is -2.25. The fourth-order valence-electron chi connectivity index (χ4n) is 2.82. The molecule has 0 spiro atoms. The van der Waals surface area contributed by atoms with E-state index in [-0.39, 0.29) is 0 Å². The van der Waals surface area contributed by atoms with Crippen LogP contribution in [0.1, 0.15) is 23.1 Å². The van der Waals surface area contributed by atoms with Crippen molar-refractivity contribution < 1.29 is 0 Å². The zero-order valence-corrected chi connectivity index (χ0v) is 12.0. The van der Waals surface area contributed by atoms with Crippen LogP contribution >= 0.6 is 11.6 Å². The van der Waals surface area contributed by atoms with E-state index in [0.717, 1.165) is 24.1 Å². The molecule has 0 aliphatic heterocycles. The van der Waals surface area contributed by atoms with Crippen molar-refractivity contribution in [1.29, 1.82) is 5.26 Å². The highest BCUT2D eigenvalue weighted by Gasteiger charge is 2.39. The summed E-state index contributed by atoms with van der Waals surface area (Å²) in [4.78, 5) is 0. The maximum atomic E-state index is 9.73. The molecule has 0 heterocycles. The van der Waals surface area contributed by atoms with E-state index >= 15 is 0 Å². The molecule has 0 saturated heterocycles. The largest absolute Gasteiger partial charge is 0.364 e. The van der Waals surface area contributed by atoms with Gasteiger partial charge in [0.05, 0.1) is 6.07 Å². The van der Waals surface area contributed by atoms with Gasteiger partial charge in [-0.1, -0.05) is 35.4 Å². The van der Waals surface area contributed by atoms with E-state index in [4.69, 9.17) is 11.6 Å². The van der Waals surface area contributed by atoms with Gasteiger partial charge in [-0.2, -0.15) is 5.26 Å². The van der Waals surface area contributed by atoms with E-state index in [2.05, 4.69) is 36.5 Å². The highest BCUT2D eigenvalue weighted by Crippen LogP contribution is 2.39. The maximum Gasteiger partial charge on any atom is 0.151 e. The van der Waals surface area contributed by atoms with E-state index in [1.165, 1.54) is 11.1 Å². The van der Waals surface area contributed by atoms with Crippen LogP contribution in [0.5, 0.6) is 0 Å². The molecule has 0 amide bonds. The number of fused-ring (bicyclic) bond motifs is 1. The Hall–Kier alpha value is -1.98. The summed E-state index contributed by atoms with van der Waals surface area (Å²) in [6.45, 7) is 2.06. The number of nitrogens with zero attached hydrogens (tertiary/aromatic N) is 1. The van der Waals surface area contributed by atoms with E-state index in [9.17, 15) is 5.26 Å². The third-order valence-corrected chi connectivity index (χ3v) is 4.14. The van der Waals surface area contributed by atoms with Crippen LogP contribution in [0, 0.1) is 18.3 Å². The topological polar surface area (TPSA) is 35.8 Å². The quantitative estimate of drug-likeness (QED) is 0.885. The number of benzene rings is 2. The van der Waals surface area contributed by atoms with Crippen molar-refractivity contribution in [1.82, 2.24) is 0 Å². The molecule has 2 aromatic carbocycles. The van der Waals surface area contributed by atoms with Crippen LogP contribution < -0.4 is 5.32 Å².